The summed E-state index contributed by atoms with van der Waals surface area (Å²) in [4.78, 5) is 1.76. The second kappa shape index (κ2) is 6.56. The van der Waals surface area contributed by atoms with Crippen molar-refractivity contribution in [2.45, 2.75) is 63.5 Å². The molecule has 0 saturated heterocycles. The Labute approximate surface area is 125 Å². The van der Waals surface area contributed by atoms with Crippen molar-refractivity contribution in [1.82, 2.24) is 4.72 Å². The Kier molecular flexibility index (Phi) is 5.23. The Hall–Kier alpha value is -0.430. The fourth-order valence-electron chi connectivity index (χ4n) is 2.84. The molecular weight excluding hydrogens is 294 g/mol. The number of aliphatic hydroxyl groups excluding tert-OH is 1. The molecular formula is C14H23NO3S2. The summed E-state index contributed by atoms with van der Waals surface area (Å²) in [6.45, 7) is 3.87. The Balaban J connectivity index is 2.06. The lowest BCUT2D eigenvalue weighted by molar-refractivity contribution is 0.285. The number of aliphatic hydroxyl groups is 1. The van der Waals surface area contributed by atoms with E-state index in [4.69, 9.17) is 5.11 Å². The summed E-state index contributed by atoms with van der Waals surface area (Å²) in [5.41, 5.74) is 0. The van der Waals surface area contributed by atoms with E-state index in [9.17, 15) is 8.42 Å². The van der Waals surface area contributed by atoms with E-state index in [1.807, 2.05) is 0 Å². The summed E-state index contributed by atoms with van der Waals surface area (Å²) in [5.74, 6) is 0.750. The van der Waals surface area contributed by atoms with Crippen molar-refractivity contribution in [1.29, 1.82) is 0 Å². The summed E-state index contributed by atoms with van der Waals surface area (Å²) in [7, 11) is -3.45. The summed E-state index contributed by atoms with van der Waals surface area (Å²) in [6.07, 6.45) is 5.24. The van der Waals surface area contributed by atoms with Crippen LogP contribution in [-0.4, -0.2) is 19.6 Å². The van der Waals surface area contributed by atoms with Gasteiger partial charge in [-0.1, -0.05) is 13.3 Å². The maximum absolute atomic E-state index is 12.4. The fourth-order valence-corrected chi connectivity index (χ4v) is 5.64. The molecule has 114 valence electrons. The van der Waals surface area contributed by atoms with Gasteiger partial charge < -0.3 is 5.11 Å². The lowest BCUT2D eigenvalue weighted by Crippen LogP contribution is -2.37. The molecule has 6 heteroatoms. The zero-order valence-corrected chi connectivity index (χ0v) is 13.7. The molecule has 4 nitrogen and oxygen atoms in total. The number of aryl methyl sites for hydroxylation is 1. The van der Waals surface area contributed by atoms with Crippen LogP contribution in [0.2, 0.25) is 0 Å². The van der Waals surface area contributed by atoms with Crippen LogP contribution in [0, 0.1) is 12.8 Å². The normalized spacial score (nSPS) is 23.9. The number of thiophene rings is 1. The Morgan fingerprint density at radius 1 is 1.35 bits per heavy atom. The molecule has 1 aromatic heterocycles. The zero-order valence-electron chi connectivity index (χ0n) is 12.1. The van der Waals surface area contributed by atoms with E-state index in [0.717, 1.165) is 36.5 Å². The van der Waals surface area contributed by atoms with Crippen molar-refractivity contribution in [2.75, 3.05) is 0 Å². The van der Waals surface area contributed by atoms with Crippen LogP contribution in [0.5, 0.6) is 0 Å². The first kappa shape index (κ1) is 15.9. The SMILES string of the molecule is CCC1CCC(NS(=O)(=O)c2cc(CO)sc2C)CC1. The highest BCUT2D eigenvalue weighted by Gasteiger charge is 2.26. The van der Waals surface area contributed by atoms with Crippen molar-refractivity contribution >= 4 is 21.4 Å². The van der Waals surface area contributed by atoms with Crippen molar-refractivity contribution in [3.05, 3.63) is 15.8 Å². The van der Waals surface area contributed by atoms with Gasteiger partial charge >= 0.3 is 0 Å². The van der Waals surface area contributed by atoms with Crippen LogP contribution in [0.4, 0.5) is 0 Å². The van der Waals surface area contributed by atoms with Crippen molar-refractivity contribution < 1.29 is 13.5 Å². The van der Waals surface area contributed by atoms with E-state index in [1.165, 1.54) is 17.8 Å². The molecule has 0 atom stereocenters. The first-order chi connectivity index (χ1) is 9.46. The van der Waals surface area contributed by atoms with Crippen molar-refractivity contribution in [3.8, 4) is 0 Å². The molecule has 0 aliphatic heterocycles. The summed E-state index contributed by atoms with van der Waals surface area (Å²) in [6, 6.07) is 1.64. The third-order valence-electron chi connectivity index (χ3n) is 4.11. The maximum Gasteiger partial charge on any atom is 0.241 e. The van der Waals surface area contributed by atoms with Crippen molar-refractivity contribution in [3.63, 3.8) is 0 Å². The van der Waals surface area contributed by atoms with Crippen LogP contribution in [0.3, 0.4) is 0 Å². The van der Waals surface area contributed by atoms with Crippen LogP contribution in [-0.2, 0) is 16.6 Å². The smallest absolute Gasteiger partial charge is 0.241 e. The van der Waals surface area contributed by atoms with Gasteiger partial charge in [-0.15, -0.1) is 11.3 Å². The molecule has 1 saturated carbocycles. The standard InChI is InChI=1S/C14H23NO3S2/c1-3-11-4-6-12(7-5-11)15-20(17,18)14-8-13(9-16)19-10(14)2/h8,11-12,15-16H,3-7,9H2,1-2H3. The second-order valence-corrected chi connectivity index (χ2v) is 8.56. The predicted molar refractivity (Wildman–Crippen MR) is 81.3 cm³/mol. The highest BCUT2D eigenvalue weighted by molar-refractivity contribution is 7.89. The summed E-state index contributed by atoms with van der Waals surface area (Å²) in [5, 5.41) is 9.11. The quantitative estimate of drug-likeness (QED) is 0.877. The van der Waals surface area contributed by atoms with Gasteiger partial charge in [0, 0.05) is 15.8 Å². The Morgan fingerprint density at radius 3 is 2.50 bits per heavy atom. The van der Waals surface area contributed by atoms with Gasteiger partial charge in [0.25, 0.3) is 0 Å². The minimum absolute atomic E-state index is 0.0553. The van der Waals surface area contributed by atoms with Crippen LogP contribution >= 0.6 is 11.3 Å². The van der Waals surface area contributed by atoms with Gasteiger partial charge in [-0.25, -0.2) is 13.1 Å². The molecule has 20 heavy (non-hydrogen) atoms. The highest BCUT2D eigenvalue weighted by Crippen LogP contribution is 2.29. The van der Waals surface area contributed by atoms with Gasteiger partial charge in [0.05, 0.1) is 11.5 Å². The topological polar surface area (TPSA) is 66.4 Å². The number of sulfonamides is 1. The summed E-state index contributed by atoms with van der Waals surface area (Å²) < 4.78 is 27.7. The third kappa shape index (κ3) is 3.61. The summed E-state index contributed by atoms with van der Waals surface area (Å²) >= 11 is 1.34. The van der Waals surface area contributed by atoms with E-state index in [1.54, 1.807) is 13.0 Å². The average Bonchev–Trinajstić information content (AvgIpc) is 2.81. The van der Waals surface area contributed by atoms with Gasteiger partial charge in [-0.2, -0.15) is 0 Å². The van der Waals surface area contributed by atoms with Gasteiger partial charge in [0.2, 0.25) is 10.0 Å². The van der Waals surface area contributed by atoms with Gasteiger partial charge in [-0.3, -0.25) is 0 Å². The minimum atomic E-state index is -3.45. The Morgan fingerprint density at radius 2 is 2.00 bits per heavy atom. The monoisotopic (exact) mass is 317 g/mol. The first-order valence-electron chi connectivity index (χ1n) is 7.18. The molecule has 0 bridgehead atoms. The molecule has 1 aliphatic carbocycles. The highest BCUT2D eigenvalue weighted by atomic mass is 32.2. The van der Waals surface area contributed by atoms with Crippen LogP contribution in [0.15, 0.2) is 11.0 Å². The van der Waals surface area contributed by atoms with E-state index in [2.05, 4.69) is 11.6 Å². The van der Waals surface area contributed by atoms with Gasteiger partial charge in [0.1, 0.15) is 0 Å². The molecule has 0 unspecified atom stereocenters. The fraction of sp³-hybridized carbons (Fsp3) is 0.714. The molecule has 0 radical (unpaired) electrons. The van der Waals surface area contributed by atoms with Crippen LogP contribution in [0.1, 0.15) is 48.8 Å². The van der Waals surface area contributed by atoms with E-state index in [0.29, 0.717) is 9.77 Å². The molecule has 0 spiro atoms. The van der Waals surface area contributed by atoms with Gasteiger partial charge in [-0.05, 0) is 44.6 Å². The molecule has 1 aromatic rings. The minimum Gasteiger partial charge on any atom is -0.391 e. The van der Waals surface area contributed by atoms with E-state index < -0.39 is 10.0 Å². The molecule has 1 fully saturated rings. The predicted octanol–water partition coefficient (Wildman–Crippen LogP) is 2.80. The molecule has 1 aliphatic rings. The van der Waals surface area contributed by atoms with E-state index in [-0.39, 0.29) is 12.6 Å². The zero-order chi connectivity index (χ0) is 14.8. The van der Waals surface area contributed by atoms with Gasteiger partial charge in [0.15, 0.2) is 0 Å². The molecule has 0 aromatic carbocycles. The lowest BCUT2D eigenvalue weighted by Gasteiger charge is -2.28. The number of nitrogens with one attached hydrogen (secondary N) is 1. The number of rotatable bonds is 5. The van der Waals surface area contributed by atoms with Crippen LogP contribution < -0.4 is 4.72 Å². The largest absolute Gasteiger partial charge is 0.391 e. The molecule has 2 rings (SSSR count). The molecule has 1 heterocycles. The average molecular weight is 317 g/mol. The molecule has 2 N–H and O–H groups in total. The number of hydrogen-bond donors (Lipinski definition) is 2. The number of hydrogen-bond acceptors (Lipinski definition) is 4. The first-order valence-corrected chi connectivity index (χ1v) is 9.48. The molecule has 0 amide bonds. The van der Waals surface area contributed by atoms with Crippen molar-refractivity contribution in [2.24, 2.45) is 5.92 Å². The third-order valence-corrected chi connectivity index (χ3v) is 6.93. The van der Waals surface area contributed by atoms with E-state index >= 15 is 0 Å². The second-order valence-electron chi connectivity index (χ2n) is 5.54. The lowest BCUT2D eigenvalue weighted by atomic mass is 9.85. The van der Waals surface area contributed by atoms with Crippen LogP contribution in [0.25, 0.3) is 0 Å². The maximum atomic E-state index is 12.4. The Bertz CT molecular complexity index is 543.